The van der Waals surface area contributed by atoms with E-state index in [1.165, 1.54) is 13.3 Å². The van der Waals surface area contributed by atoms with E-state index in [-0.39, 0.29) is 6.04 Å². The number of rotatable bonds is 6. The summed E-state index contributed by atoms with van der Waals surface area (Å²) in [5, 5.41) is 5.14. The first kappa shape index (κ1) is 18.3. The maximum atomic E-state index is 12.0. The molecule has 25 heavy (non-hydrogen) atoms. The SMILES string of the molecule is CCOc1ccc([C@@H](C)NC(=O)C(=O)Nc2ccc(OC)nc2)cc1. The third-order valence-electron chi connectivity index (χ3n) is 3.45. The second-order valence-corrected chi connectivity index (χ2v) is 5.24. The third-order valence-corrected chi connectivity index (χ3v) is 3.45. The monoisotopic (exact) mass is 343 g/mol. The second kappa shape index (κ2) is 8.68. The Morgan fingerprint density at radius 3 is 2.40 bits per heavy atom. The van der Waals surface area contributed by atoms with Crippen molar-refractivity contribution in [3.8, 4) is 11.6 Å². The number of carbonyl (C=O) groups is 2. The minimum atomic E-state index is -0.759. The lowest BCUT2D eigenvalue weighted by molar-refractivity contribution is -0.136. The third kappa shape index (κ3) is 5.20. The van der Waals surface area contributed by atoms with Gasteiger partial charge >= 0.3 is 11.8 Å². The molecule has 0 unspecified atom stereocenters. The first-order valence-electron chi connectivity index (χ1n) is 7.88. The van der Waals surface area contributed by atoms with Crippen molar-refractivity contribution in [3.05, 3.63) is 48.2 Å². The van der Waals surface area contributed by atoms with Crippen LogP contribution in [-0.2, 0) is 9.59 Å². The van der Waals surface area contributed by atoms with E-state index < -0.39 is 11.8 Å². The van der Waals surface area contributed by atoms with Crippen molar-refractivity contribution >= 4 is 17.5 Å². The van der Waals surface area contributed by atoms with Crippen LogP contribution in [0.3, 0.4) is 0 Å². The van der Waals surface area contributed by atoms with Crippen molar-refractivity contribution in [2.75, 3.05) is 19.0 Å². The van der Waals surface area contributed by atoms with Gasteiger partial charge in [-0.15, -0.1) is 0 Å². The van der Waals surface area contributed by atoms with E-state index in [1.807, 2.05) is 31.2 Å². The smallest absolute Gasteiger partial charge is 0.313 e. The molecular weight excluding hydrogens is 322 g/mol. The zero-order valence-corrected chi connectivity index (χ0v) is 14.4. The number of nitrogens with one attached hydrogen (secondary N) is 2. The minimum absolute atomic E-state index is 0.317. The van der Waals surface area contributed by atoms with Crippen molar-refractivity contribution in [1.82, 2.24) is 10.3 Å². The highest BCUT2D eigenvalue weighted by molar-refractivity contribution is 6.39. The van der Waals surface area contributed by atoms with Gasteiger partial charge in [-0.05, 0) is 37.6 Å². The fraction of sp³-hybridized carbons (Fsp3) is 0.278. The summed E-state index contributed by atoms with van der Waals surface area (Å²) in [4.78, 5) is 28.0. The summed E-state index contributed by atoms with van der Waals surface area (Å²) < 4.78 is 10.3. The first-order chi connectivity index (χ1) is 12.0. The summed E-state index contributed by atoms with van der Waals surface area (Å²) in [6.45, 7) is 4.30. The summed E-state index contributed by atoms with van der Waals surface area (Å²) in [6.07, 6.45) is 1.42. The maximum absolute atomic E-state index is 12.0. The largest absolute Gasteiger partial charge is 0.494 e. The molecule has 1 aromatic heterocycles. The van der Waals surface area contributed by atoms with E-state index in [1.54, 1.807) is 19.1 Å². The number of benzene rings is 1. The normalized spacial score (nSPS) is 11.3. The highest BCUT2D eigenvalue weighted by Crippen LogP contribution is 2.17. The van der Waals surface area contributed by atoms with Crippen LogP contribution in [-0.4, -0.2) is 30.5 Å². The quantitative estimate of drug-likeness (QED) is 0.786. The fourth-order valence-electron chi connectivity index (χ4n) is 2.13. The van der Waals surface area contributed by atoms with Gasteiger partial charge in [0.1, 0.15) is 5.75 Å². The molecule has 0 bridgehead atoms. The molecule has 132 valence electrons. The van der Waals surface area contributed by atoms with Crippen molar-refractivity contribution in [1.29, 1.82) is 0 Å². The number of hydrogen-bond donors (Lipinski definition) is 2. The molecule has 0 spiro atoms. The molecule has 7 nitrogen and oxygen atoms in total. The number of amides is 2. The molecule has 0 aliphatic rings. The molecule has 1 atom stereocenters. The highest BCUT2D eigenvalue weighted by atomic mass is 16.5. The van der Waals surface area contributed by atoms with Crippen molar-refractivity contribution in [3.63, 3.8) is 0 Å². The molecule has 1 aromatic carbocycles. The van der Waals surface area contributed by atoms with E-state index in [4.69, 9.17) is 9.47 Å². The van der Waals surface area contributed by atoms with Gasteiger partial charge in [-0.2, -0.15) is 0 Å². The lowest BCUT2D eigenvalue weighted by Gasteiger charge is -2.14. The molecule has 1 heterocycles. The van der Waals surface area contributed by atoms with Crippen molar-refractivity contribution in [2.45, 2.75) is 19.9 Å². The van der Waals surface area contributed by atoms with Gasteiger partial charge in [0.05, 0.1) is 31.6 Å². The molecule has 0 saturated heterocycles. The molecule has 0 radical (unpaired) electrons. The van der Waals surface area contributed by atoms with Gasteiger partial charge in [-0.1, -0.05) is 12.1 Å². The summed E-state index contributed by atoms with van der Waals surface area (Å²) in [6, 6.07) is 10.2. The van der Waals surface area contributed by atoms with Gasteiger partial charge in [0.2, 0.25) is 5.88 Å². The Kier molecular flexibility index (Phi) is 6.33. The molecular formula is C18H21N3O4. The maximum Gasteiger partial charge on any atom is 0.313 e. The molecule has 0 aliphatic heterocycles. The zero-order chi connectivity index (χ0) is 18.2. The molecule has 0 saturated carbocycles. The van der Waals surface area contributed by atoms with Crippen molar-refractivity contribution < 1.29 is 19.1 Å². The van der Waals surface area contributed by atoms with Crippen LogP contribution in [0.25, 0.3) is 0 Å². The van der Waals surface area contributed by atoms with E-state index in [0.29, 0.717) is 18.2 Å². The molecule has 0 fully saturated rings. The fourth-order valence-corrected chi connectivity index (χ4v) is 2.13. The topological polar surface area (TPSA) is 89.5 Å². The Bertz CT molecular complexity index is 714. The summed E-state index contributed by atoms with van der Waals surface area (Å²) in [7, 11) is 1.50. The Balaban J connectivity index is 1.91. The van der Waals surface area contributed by atoms with Gasteiger partial charge in [0.25, 0.3) is 0 Å². The van der Waals surface area contributed by atoms with E-state index in [9.17, 15) is 9.59 Å². The summed E-state index contributed by atoms with van der Waals surface area (Å²) in [5.41, 5.74) is 1.28. The number of pyridine rings is 1. The summed E-state index contributed by atoms with van der Waals surface area (Å²) >= 11 is 0. The Morgan fingerprint density at radius 1 is 1.12 bits per heavy atom. The predicted octanol–water partition coefficient (Wildman–Crippen LogP) is 2.30. The Morgan fingerprint density at radius 2 is 1.84 bits per heavy atom. The molecule has 2 rings (SSSR count). The Labute approximate surface area is 146 Å². The molecule has 7 heteroatoms. The van der Waals surface area contributed by atoms with E-state index >= 15 is 0 Å². The zero-order valence-electron chi connectivity index (χ0n) is 14.4. The van der Waals surface area contributed by atoms with Gasteiger partial charge in [0.15, 0.2) is 0 Å². The minimum Gasteiger partial charge on any atom is -0.494 e. The van der Waals surface area contributed by atoms with Gasteiger partial charge in [-0.3, -0.25) is 9.59 Å². The van der Waals surface area contributed by atoms with Crippen LogP contribution in [0.15, 0.2) is 42.6 Å². The van der Waals surface area contributed by atoms with Crippen LogP contribution in [0.1, 0.15) is 25.5 Å². The number of aromatic nitrogens is 1. The number of ether oxygens (including phenoxy) is 2. The summed E-state index contributed by atoms with van der Waals surface area (Å²) in [5.74, 6) is -0.303. The molecule has 2 amide bonds. The van der Waals surface area contributed by atoms with Gasteiger partial charge in [0, 0.05) is 6.07 Å². The number of hydrogen-bond acceptors (Lipinski definition) is 5. The number of nitrogens with zero attached hydrogens (tertiary/aromatic N) is 1. The van der Waals surface area contributed by atoms with Crippen molar-refractivity contribution in [2.24, 2.45) is 0 Å². The predicted molar refractivity (Wildman–Crippen MR) is 93.6 cm³/mol. The second-order valence-electron chi connectivity index (χ2n) is 5.24. The standard InChI is InChI=1S/C18H21N3O4/c1-4-25-15-8-5-13(6-9-15)12(2)20-17(22)18(23)21-14-7-10-16(24-3)19-11-14/h5-12H,4H2,1-3H3,(H,20,22)(H,21,23)/t12-/m1/s1. The van der Waals surface area contributed by atoms with Crippen LogP contribution in [0.5, 0.6) is 11.6 Å². The number of methoxy groups -OCH3 is 1. The lowest BCUT2D eigenvalue weighted by atomic mass is 10.1. The van der Waals surface area contributed by atoms with Gasteiger partial charge in [-0.25, -0.2) is 4.98 Å². The van der Waals surface area contributed by atoms with Crippen LogP contribution in [0.2, 0.25) is 0 Å². The average molecular weight is 343 g/mol. The van der Waals surface area contributed by atoms with Crippen LogP contribution >= 0.6 is 0 Å². The van der Waals surface area contributed by atoms with Crippen LogP contribution in [0.4, 0.5) is 5.69 Å². The molecule has 2 N–H and O–H groups in total. The van der Waals surface area contributed by atoms with Crippen LogP contribution < -0.4 is 20.1 Å². The first-order valence-corrected chi connectivity index (χ1v) is 7.88. The van der Waals surface area contributed by atoms with E-state index in [2.05, 4.69) is 15.6 Å². The van der Waals surface area contributed by atoms with Crippen LogP contribution in [0, 0.1) is 0 Å². The number of anilines is 1. The number of carbonyl (C=O) groups excluding carboxylic acids is 2. The lowest BCUT2D eigenvalue weighted by Crippen LogP contribution is -2.36. The molecule has 0 aliphatic carbocycles. The van der Waals surface area contributed by atoms with E-state index in [0.717, 1.165) is 11.3 Å². The molecule has 2 aromatic rings. The average Bonchev–Trinajstić information content (AvgIpc) is 2.63. The Hall–Kier alpha value is -3.09. The van der Waals surface area contributed by atoms with Gasteiger partial charge < -0.3 is 20.1 Å². The highest BCUT2D eigenvalue weighted by Gasteiger charge is 2.17.